The maximum atomic E-state index is 5.69. The molecule has 0 aliphatic heterocycles. The summed E-state index contributed by atoms with van der Waals surface area (Å²) in [7, 11) is 0. The molecule has 19 heavy (non-hydrogen) atoms. The molecule has 0 amide bonds. The molecule has 4 aliphatic rings. The number of terminal acetylenes is 1. The highest BCUT2D eigenvalue weighted by atomic mass is 15.0. The fourth-order valence-corrected chi connectivity index (χ4v) is 5.69. The van der Waals surface area contributed by atoms with Gasteiger partial charge in [0.25, 0.3) is 0 Å². The van der Waals surface area contributed by atoms with Crippen LogP contribution in [-0.4, -0.2) is 12.1 Å². The van der Waals surface area contributed by atoms with Crippen molar-refractivity contribution in [1.29, 1.82) is 0 Å². The van der Waals surface area contributed by atoms with Gasteiger partial charge in [-0.3, -0.25) is 0 Å². The van der Waals surface area contributed by atoms with Gasteiger partial charge >= 0.3 is 0 Å². The van der Waals surface area contributed by atoms with Crippen molar-refractivity contribution in [2.75, 3.05) is 0 Å². The molecule has 2 atom stereocenters. The summed E-state index contributed by atoms with van der Waals surface area (Å²) in [4.78, 5) is 0. The molecule has 1 nitrogen and oxygen atoms in total. The molecule has 0 aromatic rings. The third-order valence-electron chi connectivity index (χ3n) is 6.23. The summed E-state index contributed by atoms with van der Waals surface area (Å²) in [5, 5.41) is 3.79. The van der Waals surface area contributed by atoms with E-state index in [0.29, 0.717) is 11.5 Å². The van der Waals surface area contributed by atoms with Crippen LogP contribution in [0.15, 0.2) is 0 Å². The molecular weight excluding hydrogens is 230 g/mol. The summed E-state index contributed by atoms with van der Waals surface area (Å²) in [5.41, 5.74) is 0.581. The van der Waals surface area contributed by atoms with Crippen LogP contribution in [0.3, 0.4) is 0 Å². The van der Waals surface area contributed by atoms with E-state index in [2.05, 4.69) is 25.1 Å². The van der Waals surface area contributed by atoms with E-state index in [1.165, 1.54) is 44.9 Å². The largest absolute Gasteiger partial charge is 0.301 e. The van der Waals surface area contributed by atoms with Crippen LogP contribution >= 0.6 is 0 Å². The zero-order valence-corrected chi connectivity index (χ0v) is 12.6. The van der Waals surface area contributed by atoms with Crippen LogP contribution in [-0.2, 0) is 0 Å². The van der Waals surface area contributed by atoms with Gasteiger partial charge < -0.3 is 5.32 Å². The first-order valence-electron chi connectivity index (χ1n) is 8.37. The van der Waals surface area contributed by atoms with Gasteiger partial charge in [0.05, 0.1) is 6.04 Å². The number of nitrogens with one attached hydrogen (secondary N) is 1. The van der Waals surface area contributed by atoms with E-state index in [1.54, 1.807) is 0 Å². The molecule has 4 saturated carbocycles. The van der Waals surface area contributed by atoms with Crippen molar-refractivity contribution in [3.05, 3.63) is 0 Å². The van der Waals surface area contributed by atoms with Gasteiger partial charge in [0, 0.05) is 6.04 Å². The highest BCUT2D eigenvalue weighted by Crippen LogP contribution is 2.61. The van der Waals surface area contributed by atoms with Gasteiger partial charge in [-0.2, -0.15) is 0 Å². The smallest absolute Gasteiger partial charge is 0.0689 e. The van der Waals surface area contributed by atoms with Crippen LogP contribution in [0, 0.1) is 35.5 Å². The summed E-state index contributed by atoms with van der Waals surface area (Å²) in [6.07, 6.45) is 17.0. The van der Waals surface area contributed by atoms with Crippen molar-refractivity contribution in [2.24, 2.45) is 23.2 Å². The first-order valence-corrected chi connectivity index (χ1v) is 8.37. The molecular formula is C18H29N. The van der Waals surface area contributed by atoms with Crippen LogP contribution in [0.25, 0.3) is 0 Å². The van der Waals surface area contributed by atoms with Gasteiger partial charge in [-0.1, -0.05) is 19.3 Å². The maximum Gasteiger partial charge on any atom is 0.0689 e. The maximum absolute atomic E-state index is 5.69. The second-order valence-electron chi connectivity index (χ2n) is 7.68. The fraction of sp³-hybridized carbons (Fsp3) is 0.889. The van der Waals surface area contributed by atoms with E-state index in [0.717, 1.165) is 24.2 Å². The highest BCUT2D eigenvalue weighted by Gasteiger charge is 2.53. The number of hydrogen-bond acceptors (Lipinski definition) is 1. The summed E-state index contributed by atoms with van der Waals surface area (Å²) >= 11 is 0. The van der Waals surface area contributed by atoms with E-state index in [-0.39, 0.29) is 6.04 Å². The Labute approximate surface area is 118 Å². The van der Waals surface area contributed by atoms with Crippen molar-refractivity contribution in [3.63, 3.8) is 0 Å². The topological polar surface area (TPSA) is 12.0 Å². The molecule has 4 fully saturated rings. The lowest BCUT2D eigenvalue weighted by Gasteiger charge is -2.59. The van der Waals surface area contributed by atoms with E-state index in [9.17, 15) is 0 Å². The quantitative estimate of drug-likeness (QED) is 0.736. The Kier molecular flexibility index (Phi) is 3.65. The molecule has 0 spiro atoms. The van der Waals surface area contributed by atoms with Crippen molar-refractivity contribution in [3.8, 4) is 12.3 Å². The lowest BCUT2D eigenvalue weighted by Crippen LogP contribution is -2.56. The van der Waals surface area contributed by atoms with E-state index >= 15 is 0 Å². The number of rotatable bonds is 5. The Morgan fingerprint density at radius 2 is 1.68 bits per heavy atom. The lowest BCUT2D eigenvalue weighted by atomic mass is 9.48. The fourth-order valence-electron chi connectivity index (χ4n) is 5.69. The van der Waals surface area contributed by atoms with Crippen molar-refractivity contribution in [2.45, 2.75) is 77.3 Å². The summed E-state index contributed by atoms with van der Waals surface area (Å²) in [6.45, 7) is 4.63. The normalized spacial score (nSPS) is 42.9. The molecule has 1 N–H and O–H groups in total. The van der Waals surface area contributed by atoms with E-state index in [4.69, 9.17) is 6.42 Å². The molecule has 0 heterocycles. The van der Waals surface area contributed by atoms with Crippen molar-refractivity contribution < 1.29 is 0 Å². The van der Waals surface area contributed by atoms with Crippen LogP contribution in [0.1, 0.15) is 65.2 Å². The zero-order valence-electron chi connectivity index (χ0n) is 12.6. The van der Waals surface area contributed by atoms with Crippen LogP contribution in [0.4, 0.5) is 0 Å². The summed E-state index contributed by atoms with van der Waals surface area (Å²) in [6, 6.07) is 0.890. The molecule has 0 radical (unpaired) electrons. The lowest BCUT2D eigenvalue weighted by molar-refractivity contribution is -0.0713. The van der Waals surface area contributed by atoms with Crippen molar-refractivity contribution in [1.82, 2.24) is 5.32 Å². The summed E-state index contributed by atoms with van der Waals surface area (Å²) < 4.78 is 0. The minimum absolute atomic E-state index is 0.285. The molecule has 0 aromatic carbocycles. The predicted molar refractivity (Wildman–Crippen MR) is 80.7 cm³/mol. The SMILES string of the molecule is C#CC(CCC)NC(C)C12CC3CC(CC(C3)C1)C2. The molecule has 4 aliphatic carbocycles. The van der Waals surface area contributed by atoms with Gasteiger partial charge in [-0.25, -0.2) is 0 Å². The van der Waals surface area contributed by atoms with Gasteiger partial charge in [0.15, 0.2) is 0 Å². The van der Waals surface area contributed by atoms with Gasteiger partial charge in [0.1, 0.15) is 0 Å². The second-order valence-corrected chi connectivity index (χ2v) is 7.68. The minimum Gasteiger partial charge on any atom is -0.301 e. The minimum atomic E-state index is 0.285. The molecule has 0 saturated heterocycles. The highest BCUT2D eigenvalue weighted by molar-refractivity contribution is 5.08. The predicted octanol–water partition coefficient (Wildman–Crippen LogP) is 3.98. The van der Waals surface area contributed by atoms with Crippen LogP contribution < -0.4 is 5.32 Å². The number of hydrogen-bond donors (Lipinski definition) is 1. The van der Waals surface area contributed by atoms with E-state index < -0.39 is 0 Å². The average molecular weight is 259 g/mol. The van der Waals surface area contributed by atoms with Crippen LogP contribution in [0.5, 0.6) is 0 Å². The third-order valence-corrected chi connectivity index (χ3v) is 6.23. The van der Waals surface area contributed by atoms with E-state index in [1.807, 2.05) is 0 Å². The zero-order chi connectivity index (χ0) is 13.5. The van der Waals surface area contributed by atoms with Gasteiger partial charge in [-0.15, -0.1) is 6.42 Å². The molecule has 2 unspecified atom stereocenters. The molecule has 4 bridgehead atoms. The first-order chi connectivity index (χ1) is 9.15. The average Bonchev–Trinajstić information content (AvgIpc) is 2.36. The van der Waals surface area contributed by atoms with Gasteiger partial charge in [0.2, 0.25) is 0 Å². The standard InChI is InChI=1S/C18H29N/c1-4-6-17(5-2)19-13(3)18-10-14-7-15(11-18)9-16(8-14)12-18/h2,13-17,19H,4,6-12H2,1,3H3. The molecule has 4 rings (SSSR count). The Bertz CT molecular complexity index is 329. The molecule has 1 heteroatoms. The molecule has 0 aromatic heterocycles. The Morgan fingerprint density at radius 3 is 2.11 bits per heavy atom. The van der Waals surface area contributed by atoms with Gasteiger partial charge in [-0.05, 0) is 75.0 Å². The third kappa shape index (κ3) is 2.45. The Hall–Kier alpha value is -0.480. The Balaban J connectivity index is 1.69. The second kappa shape index (κ2) is 5.13. The van der Waals surface area contributed by atoms with Crippen molar-refractivity contribution >= 4 is 0 Å². The monoisotopic (exact) mass is 259 g/mol. The Morgan fingerprint density at radius 1 is 1.16 bits per heavy atom. The van der Waals surface area contributed by atoms with Crippen LogP contribution in [0.2, 0.25) is 0 Å². The summed E-state index contributed by atoms with van der Waals surface area (Å²) in [5.74, 6) is 6.05. The molecule has 106 valence electrons. The first kappa shape index (κ1) is 13.5.